The monoisotopic (exact) mass is 291 g/mol. The van der Waals surface area contributed by atoms with Gasteiger partial charge in [0.2, 0.25) is 0 Å². The molecule has 1 fully saturated rings. The normalized spacial score (nSPS) is 19.1. The van der Waals surface area contributed by atoms with Crippen LogP contribution in [0, 0.1) is 5.82 Å². The molecule has 1 amide bonds. The lowest BCUT2D eigenvalue weighted by atomic mass is 10.1. The number of carbonyl (C=O) groups is 1. The van der Waals surface area contributed by atoms with E-state index < -0.39 is 29.0 Å². The molecule has 0 spiro atoms. The summed E-state index contributed by atoms with van der Waals surface area (Å²) in [6.45, 7) is 0.757. The maximum atomic E-state index is 13.4. The van der Waals surface area contributed by atoms with E-state index in [4.69, 9.17) is 4.74 Å². The first-order valence-corrected chi connectivity index (χ1v) is 6.14. The number of hydrogen-bond acceptors (Lipinski definition) is 2. The number of hydrogen-bond donors (Lipinski definition) is 1. The van der Waals surface area contributed by atoms with E-state index >= 15 is 0 Å². The van der Waals surface area contributed by atoms with Crippen LogP contribution >= 0.6 is 0 Å². The highest BCUT2D eigenvalue weighted by Crippen LogP contribution is 2.30. The van der Waals surface area contributed by atoms with E-state index in [-0.39, 0.29) is 12.6 Å². The molecule has 1 saturated heterocycles. The molecule has 110 valence electrons. The van der Waals surface area contributed by atoms with E-state index in [0.29, 0.717) is 24.8 Å². The second kappa shape index (κ2) is 5.78. The summed E-state index contributed by atoms with van der Waals surface area (Å²) in [6, 6.07) is 1.76. The van der Waals surface area contributed by atoms with Crippen molar-refractivity contribution in [2.45, 2.75) is 25.1 Å². The molecular formula is C13H13F4NO2. The number of amides is 1. The summed E-state index contributed by atoms with van der Waals surface area (Å²) in [5, 5.41) is 2.39. The fourth-order valence-electron chi connectivity index (χ4n) is 1.98. The first-order chi connectivity index (χ1) is 9.38. The van der Waals surface area contributed by atoms with Crippen molar-refractivity contribution in [3.05, 3.63) is 35.1 Å². The molecule has 0 radical (unpaired) electrons. The van der Waals surface area contributed by atoms with Crippen molar-refractivity contribution in [2.24, 2.45) is 0 Å². The lowest BCUT2D eigenvalue weighted by molar-refractivity contribution is -0.137. The van der Waals surface area contributed by atoms with Gasteiger partial charge in [0.05, 0.1) is 17.2 Å². The van der Waals surface area contributed by atoms with Crippen molar-refractivity contribution in [3.8, 4) is 0 Å². The molecular weight excluding hydrogens is 278 g/mol. The molecule has 1 aromatic rings. The standard InChI is InChI=1S/C13H13F4NO2/c14-11-4-3-8(13(15,16)17)6-10(11)12(19)18-7-9-2-1-5-20-9/h3-4,6,9H,1-2,5,7H2,(H,18,19). The Morgan fingerprint density at radius 1 is 1.40 bits per heavy atom. The van der Waals surface area contributed by atoms with Gasteiger partial charge >= 0.3 is 6.18 Å². The Morgan fingerprint density at radius 3 is 2.75 bits per heavy atom. The molecule has 3 nitrogen and oxygen atoms in total. The maximum Gasteiger partial charge on any atom is 0.416 e. The molecule has 1 N–H and O–H groups in total. The minimum Gasteiger partial charge on any atom is -0.376 e. The summed E-state index contributed by atoms with van der Waals surface area (Å²) in [6.07, 6.45) is -3.13. The van der Waals surface area contributed by atoms with Gasteiger partial charge < -0.3 is 10.1 Å². The second-order valence-electron chi connectivity index (χ2n) is 4.54. The van der Waals surface area contributed by atoms with Crippen molar-refractivity contribution in [1.29, 1.82) is 0 Å². The minimum atomic E-state index is -4.61. The van der Waals surface area contributed by atoms with Crippen LogP contribution in [-0.4, -0.2) is 25.2 Å². The van der Waals surface area contributed by atoms with Crippen molar-refractivity contribution < 1.29 is 27.1 Å². The molecule has 7 heteroatoms. The van der Waals surface area contributed by atoms with Gasteiger partial charge in [-0.05, 0) is 31.0 Å². The molecule has 0 aliphatic carbocycles. The fourth-order valence-corrected chi connectivity index (χ4v) is 1.98. The summed E-state index contributed by atoms with van der Waals surface area (Å²) < 4.78 is 56.3. The predicted octanol–water partition coefficient (Wildman–Crippen LogP) is 2.75. The van der Waals surface area contributed by atoms with Crippen LogP contribution in [0.15, 0.2) is 18.2 Å². The molecule has 1 aliphatic rings. The van der Waals surface area contributed by atoms with Crippen molar-refractivity contribution >= 4 is 5.91 Å². The van der Waals surface area contributed by atoms with Crippen LogP contribution in [0.5, 0.6) is 0 Å². The van der Waals surface area contributed by atoms with E-state index in [9.17, 15) is 22.4 Å². The molecule has 1 aliphatic heterocycles. The average Bonchev–Trinajstić information content (AvgIpc) is 2.88. The van der Waals surface area contributed by atoms with E-state index in [0.717, 1.165) is 12.8 Å². The number of carbonyl (C=O) groups excluding carboxylic acids is 1. The van der Waals surface area contributed by atoms with Gasteiger partial charge in [-0.2, -0.15) is 13.2 Å². The summed E-state index contributed by atoms with van der Waals surface area (Å²) in [7, 11) is 0. The molecule has 1 atom stereocenters. The third-order valence-corrected chi connectivity index (χ3v) is 3.05. The fraction of sp³-hybridized carbons (Fsp3) is 0.462. The van der Waals surface area contributed by atoms with Crippen LogP contribution in [0.3, 0.4) is 0 Å². The Labute approximate surface area is 112 Å². The number of alkyl halides is 3. The van der Waals surface area contributed by atoms with E-state index in [1.165, 1.54) is 0 Å². The Kier molecular flexibility index (Phi) is 4.27. The maximum absolute atomic E-state index is 13.4. The Hall–Kier alpha value is -1.63. The smallest absolute Gasteiger partial charge is 0.376 e. The molecule has 0 saturated carbocycles. The summed E-state index contributed by atoms with van der Waals surface area (Å²) in [4.78, 5) is 11.7. The van der Waals surface area contributed by atoms with Crippen LogP contribution in [0.25, 0.3) is 0 Å². The number of rotatable bonds is 3. The van der Waals surface area contributed by atoms with Crippen LogP contribution < -0.4 is 5.32 Å². The molecule has 2 rings (SSSR count). The first kappa shape index (κ1) is 14.8. The summed E-state index contributed by atoms with van der Waals surface area (Å²) in [5.41, 5.74) is -1.67. The lowest BCUT2D eigenvalue weighted by Crippen LogP contribution is -2.32. The molecule has 20 heavy (non-hydrogen) atoms. The Balaban J connectivity index is 2.08. The van der Waals surface area contributed by atoms with Gasteiger partial charge in [-0.25, -0.2) is 4.39 Å². The highest BCUT2D eigenvalue weighted by Gasteiger charge is 2.32. The van der Waals surface area contributed by atoms with Gasteiger partial charge in [0.1, 0.15) is 5.82 Å². The SMILES string of the molecule is O=C(NCC1CCCO1)c1cc(C(F)(F)F)ccc1F. The largest absolute Gasteiger partial charge is 0.416 e. The molecule has 1 aromatic carbocycles. The van der Waals surface area contributed by atoms with Crippen molar-refractivity contribution in [2.75, 3.05) is 13.2 Å². The highest BCUT2D eigenvalue weighted by molar-refractivity contribution is 5.94. The van der Waals surface area contributed by atoms with Crippen LogP contribution in [0.1, 0.15) is 28.8 Å². The van der Waals surface area contributed by atoms with Gasteiger partial charge in [0, 0.05) is 13.2 Å². The zero-order chi connectivity index (χ0) is 14.8. The number of benzene rings is 1. The average molecular weight is 291 g/mol. The second-order valence-corrected chi connectivity index (χ2v) is 4.54. The molecule has 0 bridgehead atoms. The van der Waals surface area contributed by atoms with Crippen LogP contribution in [0.2, 0.25) is 0 Å². The zero-order valence-corrected chi connectivity index (χ0v) is 10.5. The third-order valence-electron chi connectivity index (χ3n) is 3.05. The zero-order valence-electron chi connectivity index (χ0n) is 10.5. The van der Waals surface area contributed by atoms with Crippen LogP contribution in [0.4, 0.5) is 17.6 Å². The van der Waals surface area contributed by atoms with Gasteiger partial charge in [-0.1, -0.05) is 0 Å². The number of ether oxygens (including phenoxy) is 1. The predicted molar refractivity (Wildman–Crippen MR) is 62.7 cm³/mol. The topological polar surface area (TPSA) is 38.3 Å². The highest BCUT2D eigenvalue weighted by atomic mass is 19.4. The quantitative estimate of drug-likeness (QED) is 0.870. The molecule has 0 aromatic heterocycles. The Morgan fingerprint density at radius 2 is 2.15 bits per heavy atom. The van der Waals surface area contributed by atoms with Gasteiger partial charge in [-0.3, -0.25) is 4.79 Å². The van der Waals surface area contributed by atoms with Gasteiger partial charge in [0.15, 0.2) is 0 Å². The van der Waals surface area contributed by atoms with Gasteiger partial charge in [0.25, 0.3) is 5.91 Å². The lowest BCUT2D eigenvalue weighted by Gasteiger charge is -2.12. The Bertz CT molecular complexity index is 496. The van der Waals surface area contributed by atoms with Crippen LogP contribution in [-0.2, 0) is 10.9 Å². The number of halogens is 4. The van der Waals surface area contributed by atoms with E-state index in [1.54, 1.807) is 0 Å². The van der Waals surface area contributed by atoms with E-state index in [1.807, 2.05) is 0 Å². The first-order valence-electron chi connectivity index (χ1n) is 6.14. The molecule has 1 unspecified atom stereocenters. The van der Waals surface area contributed by atoms with Crippen molar-refractivity contribution in [1.82, 2.24) is 5.32 Å². The van der Waals surface area contributed by atoms with Gasteiger partial charge in [-0.15, -0.1) is 0 Å². The summed E-state index contributed by atoms with van der Waals surface area (Å²) in [5.74, 6) is -1.85. The van der Waals surface area contributed by atoms with E-state index in [2.05, 4.69) is 5.32 Å². The minimum absolute atomic E-state index is 0.159. The molecule has 1 heterocycles. The third kappa shape index (κ3) is 3.47. The van der Waals surface area contributed by atoms with Crippen molar-refractivity contribution in [3.63, 3.8) is 0 Å². The summed E-state index contributed by atoms with van der Waals surface area (Å²) >= 11 is 0. The number of nitrogens with one attached hydrogen (secondary N) is 1.